The number of piperazine rings is 1. The average Bonchev–Trinajstić information content (AvgIpc) is 3.20. The van der Waals surface area contributed by atoms with Crippen LogP contribution in [0, 0.1) is 0 Å². The molecule has 0 bridgehead atoms. The zero-order valence-corrected chi connectivity index (χ0v) is 16.4. The third-order valence-corrected chi connectivity index (χ3v) is 4.82. The molecule has 8 nitrogen and oxygen atoms in total. The average molecular weight is 387 g/mol. The van der Waals surface area contributed by atoms with Crippen LogP contribution in [0.25, 0.3) is 0 Å². The topological polar surface area (TPSA) is 85.1 Å². The van der Waals surface area contributed by atoms with Crippen molar-refractivity contribution in [1.29, 1.82) is 0 Å². The molecule has 1 fully saturated rings. The van der Waals surface area contributed by atoms with Crippen LogP contribution < -0.4 is 9.47 Å². The van der Waals surface area contributed by atoms with Crippen molar-refractivity contribution in [2.45, 2.75) is 20.5 Å². The van der Waals surface area contributed by atoms with Crippen LogP contribution in [-0.2, 0) is 6.61 Å². The molecule has 150 valence electrons. The molecule has 8 heteroatoms. The van der Waals surface area contributed by atoms with Crippen LogP contribution in [0.4, 0.5) is 0 Å². The Morgan fingerprint density at radius 1 is 1.14 bits per heavy atom. The van der Waals surface area contributed by atoms with E-state index in [1.165, 1.54) is 14.0 Å². The Morgan fingerprint density at radius 2 is 1.89 bits per heavy atom. The van der Waals surface area contributed by atoms with Crippen LogP contribution in [0.1, 0.15) is 40.5 Å². The van der Waals surface area contributed by atoms with E-state index in [1.54, 1.807) is 29.2 Å². The predicted octanol–water partition coefficient (Wildman–Crippen LogP) is 2.24. The molecule has 1 aromatic carbocycles. The van der Waals surface area contributed by atoms with Gasteiger partial charge in [0, 0.05) is 37.8 Å². The molecule has 1 saturated heterocycles. The van der Waals surface area contributed by atoms with E-state index in [0.29, 0.717) is 35.9 Å². The summed E-state index contributed by atoms with van der Waals surface area (Å²) < 4.78 is 16.2. The highest BCUT2D eigenvalue weighted by atomic mass is 16.5. The third-order valence-electron chi connectivity index (χ3n) is 4.82. The molecule has 1 aliphatic rings. The summed E-state index contributed by atoms with van der Waals surface area (Å²) in [6, 6.07) is 6.57. The lowest BCUT2D eigenvalue weighted by Gasteiger charge is -2.33. The molecular formula is C20H25N3O5. The van der Waals surface area contributed by atoms with Crippen molar-refractivity contribution in [3.05, 3.63) is 41.3 Å². The Balaban J connectivity index is 1.61. The molecule has 0 atom stereocenters. The lowest BCUT2D eigenvalue weighted by molar-refractivity contribution is 0.0633. The summed E-state index contributed by atoms with van der Waals surface area (Å²) in [7, 11) is 1.51. The highest BCUT2D eigenvalue weighted by molar-refractivity contribution is 5.94. The van der Waals surface area contributed by atoms with Gasteiger partial charge in [0.05, 0.1) is 7.11 Å². The third kappa shape index (κ3) is 4.51. The maximum Gasteiger partial charge on any atom is 0.276 e. The van der Waals surface area contributed by atoms with E-state index in [-0.39, 0.29) is 24.0 Å². The molecule has 0 radical (unpaired) electrons. The number of hydrogen-bond acceptors (Lipinski definition) is 7. The van der Waals surface area contributed by atoms with Gasteiger partial charge in [0.15, 0.2) is 28.7 Å². The van der Waals surface area contributed by atoms with Gasteiger partial charge in [-0.2, -0.15) is 0 Å². The number of carbonyl (C=O) groups is 2. The van der Waals surface area contributed by atoms with E-state index < -0.39 is 0 Å². The lowest BCUT2D eigenvalue weighted by atomic mass is 10.1. The van der Waals surface area contributed by atoms with Crippen LogP contribution in [0.3, 0.4) is 0 Å². The summed E-state index contributed by atoms with van der Waals surface area (Å²) in [5.41, 5.74) is 0.822. The minimum atomic E-state index is -0.130. The minimum absolute atomic E-state index is 0.0528. The molecule has 2 aromatic rings. The molecule has 1 aromatic heterocycles. The maximum absolute atomic E-state index is 12.6. The van der Waals surface area contributed by atoms with Gasteiger partial charge in [-0.1, -0.05) is 12.1 Å². The van der Waals surface area contributed by atoms with Crippen molar-refractivity contribution >= 4 is 11.7 Å². The standard InChI is InChI=1S/C20H25N3O5/c1-4-22-7-9-23(10-8-22)20(25)17-12-16(28-21-17)13-27-18-6-5-15(14(2)24)11-19(18)26-3/h5-6,11-12H,4,7-10,13H2,1-3H3. The van der Waals surface area contributed by atoms with Gasteiger partial charge >= 0.3 is 0 Å². The van der Waals surface area contributed by atoms with E-state index >= 15 is 0 Å². The van der Waals surface area contributed by atoms with E-state index in [1.807, 2.05) is 0 Å². The Hall–Kier alpha value is -2.87. The van der Waals surface area contributed by atoms with Crippen LogP contribution in [0.15, 0.2) is 28.8 Å². The van der Waals surface area contributed by atoms with Gasteiger partial charge in [-0.15, -0.1) is 0 Å². The predicted molar refractivity (Wildman–Crippen MR) is 102 cm³/mol. The van der Waals surface area contributed by atoms with Crippen LogP contribution in [-0.4, -0.2) is 66.5 Å². The van der Waals surface area contributed by atoms with E-state index in [2.05, 4.69) is 17.0 Å². The number of carbonyl (C=O) groups excluding carboxylic acids is 2. The molecule has 0 aliphatic carbocycles. The number of benzene rings is 1. The quantitative estimate of drug-likeness (QED) is 0.674. The van der Waals surface area contributed by atoms with Gasteiger partial charge in [0.2, 0.25) is 0 Å². The van der Waals surface area contributed by atoms with Gasteiger partial charge in [-0.05, 0) is 31.7 Å². The van der Waals surface area contributed by atoms with Crippen molar-refractivity contribution in [3.8, 4) is 11.5 Å². The number of methoxy groups -OCH3 is 1. The zero-order chi connectivity index (χ0) is 20.1. The smallest absolute Gasteiger partial charge is 0.276 e. The summed E-state index contributed by atoms with van der Waals surface area (Å²) in [5, 5.41) is 3.89. The number of nitrogens with zero attached hydrogens (tertiary/aromatic N) is 3. The van der Waals surface area contributed by atoms with Crippen molar-refractivity contribution in [2.24, 2.45) is 0 Å². The molecule has 0 saturated carbocycles. The molecule has 2 heterocycles. The van der Waals surface area contributed by atoms with Crippen molar-refractivity contribution in [1.82, 2.24) is 15.0 Å². The molecule has 28 heavy (non-hydrogen) atoms. The summed E-state index contributed by atoms with van der Waals surface area (Å²) >= 11 is 0. The summed E-state index contributed by atoms with van der Waals surface area (Å²) in [6.07, 6.45) is 0. The number of ketones is 1. The van der Waals surface area contributed by atoms with Gasteiger partial charge < -0.3 is 23.8 Å². The SMILES string of the molecule is CCN1CCN(C(=O)c2cc(COc3ccc(C(C)=O)cc3OC)on2)CC1. The number of aromatic nitrogens is 1. The van der Waals surface area contributed by atoms with Gasteiger partial charge in [0.1, 0.15) is 6.61 Å². The zero-order valence-electron chi connectivity index (χ0n) is 16.4. The first-order valence-electron chi connectivity index (χ1n) is 9.30. The highest BCUT2D eigenvalue weighted by Crippen LogP contribution is 2.29. The number of hydrogen-bond donors (Lipinski definition) is 0. The van der Waals surface area contributed by atoms with E-state index in [4.69, 9.17) is 14.0 Å². The fourth-order valence-corrected chi connectivity index (χ4v) is 3.07. The summed E-state index contributed by atoms with van der Waals surface area (Å²) in [5.74, 6) is 1.19. The second kappa shape index (κ2) is 8.88. The number of Topliss-reactive ketones (excluding diaryl/α,β-unsaturated/α-hetero) is 1. The van der Waals surface area contributed by atoms with Crippen LogP contribution in [0.2, 0.25) is 0 Å². The first kappa shape index (κ1) is 19.9. The first-order chi connectivity index (χ1) is 13.5. The van der Waals surface area contributed by atoms with Crippen LogP contribution in [0.5, 0.6) is 11.5 Å². The number of rotatable bonds is 7. The monoisotopic (exact) mass is 387 g/mol. The molecule has 0 unspecified atom stereocenters. The Kier molecular flexibility index (Phi) is 6.30. The Bertz CT molecular complexity index is 840. The molecule has 0 spiro atoms. The first-order valence-corrected chi connectivity index (χ1v) is 9.30. The van der Waals surface area contributed by atoms with Gasteiger partial charge in [-0.3, -0.25) is 9.59 Å². The molecular weight excluding hydrogens is 362 g/mol. The number of likely N-dealkylation sites (N-methyl/N-ethyl adjacent to an activating group) is 1. The second-order valence-corrected chi connectivity index (χ2v) is 6.62. The van der Waals surface area contributed by atoms with Crippen molar-refractivity contribution < 1.29 is 23.6 Å². The summed E-state index contributed by atoms with van der Waals surface area (Å²) in [4.78, 5) is 28.1. The fraction of sp³-hybridized carbons (Fsp3) is 0.450. The number of amides is 1. The van der Waals surface area contributed by atoms with Gasteiger partial charge in [-0.25, -0.2) is 0 Å². The normalized spacial score (nSPS) is 14.8. The van der Waals surface area contributed by atoms with E-state index in [0.717, 1.165) is 19.6 Å². The lowest BCUT2D eigenvalue weighted by Crippen LogP contribution is -2.48. The molecule has 3 rings (SSSR count). The molecule has 1 amide bonds. The fourth-order valence-electron chi connectivity index (χ4n) is 3.07. The minimum Gasteiger partial charge on any atom is -0.493 e. The Labute approximate surface area is 164 Å². The largest absolute Gasteiger partial charge is 0.493 e. The summed E-state index contributed by atoms with van der Waals surface area (Å²) in [6.45, 7) is 7.80. The van der Waals surface area contributed by atoms with Crippen molar-refractivity contribution in [2.75, 3.05) is 39.8 Å². The molecule has 1 aliphatic heterocycles. The highest BCUT2D eigenvalue weighted by Gasteiger charge is 2.24. The van der Waals surface area contributed by atoms with Gasteiger partial charge in [0.25, 0.3) is 5.91 Å². The maximum atomic E-state index is 12.6. The van der Waals surface area contributed by atoms with Crippen LogP contribution >= 0.6 is 0 Å². The molecule has 0 N–H and O–H groups in total. The number of ether oxygens (including phenoxy) is 2. The van der Waals surface area contributed by atoms with Crippen molar-refractivity contribution in [3.63, 3.8) is 0 Å². The Morgan fingerprint density at radius 3 is 2.54 bits per heavy atom. The second-order valence-electron chi connectivity index (χ2n) is 6.62. The van der Waals surface area contributed by atoms with E-state index in [9.17, 15) is 9.59 Å².